The van der Waals surface area contributed by atoms with Gasteiger partial charge >= 0.3 is 0 Å². The van der Waals surface area contributed by atoms with Crippen molar-refractivity contribution in [3.8, 4) is 5.75 Å². The van der Waals surface area contributed by atoms with Crippen LogP contribution in [0.3, 0.4) is 0 Å². The van der Waals surface area contributed by atoms with Crippen LogP contribution in [0.25, 0.3) is 10.9 Å². The third kappa shape index (κ3) is 3.52. The van der Waals surface area contributed by atoms with Crippen molar-refractivity contribution in [1.29, 1.82) is 0 Å². The monoisotopic (exact) mass is 285 g/mol. The van der Waals surface area contributed by atoms with Gasteiger partial charge in [-0.2, -0.15) is 0 Å². The molecule has 1 fully saturated rings. The lowest BCUT2D eigenvalue weighted by Gasteiger charge is -2.33. The number of benzene rings is 1. The van der Waals surface area contributed by atoms with E-state index in [4.69, 9.17) is 4.74 Å². The van der Waals surface area contributed by atoms with Gasteiger partial charge in [0.2, 0.25) is 0 Å². The average molecular weight is 285 g/mol. The van der Waals surface area contributed by atoms with Crippen LogP contribution in [0.4, 0.5) is 0 Å². The van der Waals surface area contributed by atoms with Gasteiger partial charge in [0.15, 0.2) is 0 Å². The third-order valence-corrected chi connectivity index (χ3v) is 4.17. The van der Waals surface area contributed by atoms with Crippen molar-refractivity contribution < 1.29 is 4.74 Å². The SMILES string of the molecule is CCN1CCN(CCOc2cccc3cccnc23)CC1. The molecule has 0 unspecified atom stereocenters. The summed E-state index contributed by atoms with van der Waals surface area (Å²) in [5.41, 5.74) is 0.954. The Morgan fingerprint density at radius 3 is 2.62 bits per heavy atom. The van der Waals surface area contributed by atoms with Crippen LogP contribution in [-0.2, 0) is 0 Å². The smallest absolute Gasteiger partial charge is 0.145 e. The second-order valence-corrected chi connectivity index (χ2v) is 5.46. The molecule has 1 aromatic heterocycles. The van der Waals surface area contributed by atoms with Crippen LogP contribution in [0.5, 0.6) is 5.75 Å². The van der Waals surface area contributed by atoms with E-state index in [1.807, 2.05) is 24.4 Å². The number of pyridine rings is 1. The van der Waals surface area contributed by atoms with Gasteiger partial charge < -0.3 is 9.64 Å². The summed E-state index contributed by atoms with van der Waals surface area (Å²) in [6.45, 7) is 9.73. The second kappa shape index (κ2) is 6.87. The molecule has 0 aliphatic carbocycles. The van der Waals surface area contributed by atoms with Crippen molar-refractivity contribution in [3.63, 3.8) is 0 Å². The summed E-state index contributed by atoms with van der Waals surface area (Å²) >= 11 is 0. The standard InChI is InChI=1S/C17H23N3O/c1-2-19-9-11-20(12-10-19)13-14-21-16-7-3-5-15-6-4-8-18-17(15)16/h3-8H,2,9-14H2,1H3. The summed E-state index contributed by atoms with van der Waals surface area (Å²) in [6, 6.07) is 10.1. The van der Waals surface area contributed by atoms with Gasteiger partial charge in [0.05, 0.1) is 0 Å². The van der Waals surface area contributed by atoms with E-state index in [9.17, 15) is 0 Å². The molecule has 112 valence electrons. The quantitative estimate of drug-likeness (QED) is 0.842. The minimum Gasteiger partial charge on any atom is -0.490 e. The van der Waals surface area contributed by atoms with Crippen LogP contribution in [0.15, 0.2) is 36.5 Å². The maximum absolute atomic E-state index is 5.96. The van der Waals surface area contributed by atoms with E-state index in [1.165, 1.54) is 13.1 Å². The fraction of sp³-hybridized carbons (Fsp3) is 0.471. The molecule has 1 aliphatic heterocycles. The van der Waals surface area contributed by atoms with Gasteiger partial charge in [-0.3, -0.25) is 9.88 Å². The van der Waals surface area contributed by atoms with E-state index < -0.39 is 0 Å². The van der Waals surface area contributed by atoms with E-state index in [-0.39, 0.29) is 0 Å². The summed E-state index contributed by atoms with van der Waals surface area (Å²) in [6.07, 6.45) is 1.82. The van der Waals surface area contributed by atoms with Crippen LogP contribution >= 0.6 is 0 Å². The molecule has 3 rings (SSSR count). The molecule has 2 aromatic rings. The topological polar surface area (TPSA) is 28.6 Å². The first-order chi connectivity index (χ1) is 10.4. The van der Waals surface area contributed by atoms with Gasteiger partial charge in [0.25, 0.3) is 0 Å². The fourth-order valence-corrected chi connectivity index (χ4v) is 2.81. The number of ether oxygens (including phenoxy) is 1. The molecule has 0 atom stereocenters. The highest BCUT2D eigenvalue weighted by atomic mass is 16.5. The molecule has 0 spiro atoms. The Morgan fingerprint density at radius 2 is 1.81 bits per heavy atom. The molecule has 4 nitrogen and oxygen atoms in total. The molecular formula is C17H23N3O. The summed E-state index contributed by atoms with van der Waals surface area (Å²) in [7, 11) is 0. The zero-order valence-corrected chi connectivity index (χ0v) is 12.7. The number of aromatic nitrogens is 1. The molecule has 0 bridgehead atoms. The minimum absolute atomic E-state index is 0.724. The van der Waals surface area contributed by atoms with Gasteiger partial charge in [-0.15, -0.1) is 0 Å². The maximum Gasteiger partial charge on any atom is 0.145 e. The molecule has 0 N–H and O–H groups in total. The molecule has 1 saturated heterocycles. The summed E-state index contributed by atoms with van der Waals surface area (Å²) < 4.78 is 5.96. The van der Waals surface area contributed by atoms with E-state index in [0.717, 1.165) is 49.4 Å². The highest BCUT2D eigenvalue weighted by Gasteiger charge is 2.15. The lowest BCUT2D eigenvalue weighted by atomic mass is 10.2. The molecule has 21 heavy (non-hydrogen) atoms. The highest BCUT2D eigenvalue weighted by Crippen LogP contribution is 2.22. The first kappa shape index (κ1) is 14.3. The second-order valence-electron chi connectivity index (χ2n) is 5.46. The van der Waals surface area contributed by atoms with Crippen molar-refractivity contribution in [2.75, 3.05) is 45.9 Å². The molecule has 0 amide bonds. The Balaban J connectivity index is 1.53. The summed E-state index contributed by atoms with van der Waals surface area (Å²) in [5.74, 6) is 0.889. The first-order valence-electron chi connectivity index (χ1n) is 7.78. The number of hydrogen-bond donors (Lipinski definition) is 0. The van der Waals surface area contributed by atoms with Gasteiger partial charge in [-0.25, -0.2) is 0 Å². The van der Waals surface area contributed by atoms with Gasteiger partial charge in [-0.1, -0.05) is 25.1 Å². The molecule has 4 heteroatoms. The molecule has 1 aliphatic rings. The van der Waals surface area contributed by atoms with Crippen molar-refractivity contribution in [2.45, 2.75) is 6.92 Å². The number of nitrogens with zero attached hydrogens (tertiary/aromatic N) is 3. The molecule has 1 aromatic carbocycles. The van der Waals surface area contributed by atoms with Gasteiger partial charge in [0, 0.05) is 44.3 Å². The predicted molar refractivity (Wildman–Crippen MR) is 85.8 cm³/mol. The van der Waals surface area contributed by atoms with Crippen LogP contribution in [0.1, 0.15) is 6.92 Å². The minimum atomic E-state index is 0.724. The first-order valence-corrected chi connectivity index (χ1v) is 7.78. The number of likely N-dealkylation sites (N-methyl/N-ethyl adjacent to an activating group) is 1. The van der Waals surface area contributed by atoms with Crippen molar-refractivity contribution >= 4 is 10.9 Å². The van der Waals surface area contributed by atoms with Gasteiger partial charge in [0.1, 0.15) is 17.9 Å². The Morgan fingerprint density at radius 1 is 1.05 bits per heavy atom. The summed E-state index contributed by atoms with van der Waals surface area (Å²) in [5, 5.41) is 1.13. The molecular weight excluding hydrogens is 262 g/mol. The predicted octanol–water partition coefficient (Wildman–Crippen LogP) is 2.25. The van der Waals surface area contributed by atoms with Crippen LogP contribution < -0.4 is 4.74 Å². The number of hydrogen-bond acceptors (Lipinski definition) is 4. The van der Waals surface area contributed by atoms with Gasteiger partial charge in [-0.05, 0) is 18.7 Å². The lowest BCUT2D eigenvalue weighted by Crippen LogP contribution is -2.47. The van der Waals surface area contributed by atoms with Crippen molar-refractivity contribution in [3.05, 3.63) is 36.5 Å². The molecule has 0 radical (unpaired) electrons. The Bertz CT molecular complexity index is 574. The lowest BCUT2D eigenvalue weighted by molar-refractivity contribution is 0.121. The Hall–Kier alpha value is -1.65. The van der Waals surface area contributed by atoms with Crippen LogP contribution in [0.2, 0.25) is 0 Å². The van der Waals surface area contributed by atoms with Crippen molar-refractivity contribution in [1.82, 2.24) is 14.8 Å². The van der Waals surface area contributed by atoms with E-state index in [0.29, 0.717) is 0 Å². The Kier molecular flexibility index (Phi) is 4.68. The van der Waals surface area contributed by atoms with E-state index in [2.05, 4.69) is 33.8 Å². The van der Waals surface area contributed by atoms with Crippen molar-refractivity contribution in [2.24, 2.45) is 0 Å². The largest absolute Gasteiger partial charge is 0.490 e. The zero-order valence-electron chi connectivity index (χ0n) is 12.7. The average Bonchev–Trinajstić information content (AvgIpc) is 2.56. The Labute approximate surface area is 126 Å². The zero-order chi connectivity index (χ0) is 14.5. The molecule has 2 heterocycles. The normalized spacial score (nSPS) is 17.2. The number of para-hydroxylation sites is 1. The van der Waals surface area contributed by atoms with Crippen LogP contribution in [0, 0.1) is 0 Å². The van der Waals surface area contributed by atoms with E-state index >= 15 is 0 Å². The number of fused-ring (bicyclic) bond motifs is 1. The highest BCUT2D eigenvalue weighted by molar-refractivity contribution is 5.84. The number of rotatable bonds is 5. The molecule has 0 saturated carbocycles. The third-order valence-electron chi connectivity index (χ3n) is 4.17. The maximum atomic E-state index is 5.96. The van der Waals surface area contributed by atoms with E-state index in [1.54, 1.807) is 0 Å². The summed E-state index contributed by atoms with van der Waals surface area (Å²) in [4.78, 5) is 9.39. The fourth-order valence-electron chi connectivity index (χ4n) is 2.81. The van der Waals surface area contributed by atoms with Crippen LogP contribution in [-0.4, -0.2) is 60.7 Å². The number of piperazine rings is 1.